The summed E-state index contributed by atoms with van der Waals surface area (Å²) in [6, 6.07) is 9.78. The van der Waals surface area contributed by atoms with Crippen molar-refractivity contribution in [3.05, 3.63) is 74.7 Å². The highest BCUT2D eigenvalue weighted by molar-refractivity contribution is 6.33. The number of aromatic nitrogens is 1. The molecule has 1 amide bonds. The summed E-state index contributed by atoms with van der Waals surface area (Å²) < 4.78 is 19.5. The van der Waals surface area contributed by atoms with Gasteiger partial charge in [-0.05, 0) is 49.1 Å². The van der Waals surface area contributed by atoms with Crippen LogP contribution < -0.4 is 5.32 Å². The average molecular weight is 405 g/mol. The van der Waals surface area contributed by atoms with Crippen molar-refractivity contribution in [3.63, 3.8) is 0 Å². The van der Waals surface area contributed by atoms with E-state index in [0.29, 0.717) is 10.8 Å². The van der Waals surface area contributed by atoms with E-state index < -0.39 is 5.82 Å². The predicted octanol–water partition coefficient (Wildman–Crippen LogP) is 5.51. The number of nitrogens with zero attached hydrogens (tertiary/aromatic N) is 1. The lowest BCUT2D eigenvalue weighted by atomic mass is 10.0. The van der Waals surface area contributed by atoms with E-state index in [1.807, 2.05) is 18.2 Å². The lowest BCUT2D eigenvalue weighted by Gasteiger charge is -2.15. The topological polar surface area (TPSA) is 55.1 Å². The van der Waals surface area contributed by atoms with Crippen LogP contribution in [0.15, 0.2) is 40.9 Å². The molecular formula is C20H15Cl2FN2O2. The third kappa shape index (κ3) is 3.11. The molecule has 0 saturated carbocycles. The van der Waals surface area contributed by atoms with Crippen LogP contribution in [-0.4, -0.2) is 11.1 Å². The first-order valence-electron chi connectivity index (χ1n) is 8.46. The smallest absolute Gasteiger partial charge is 0.257 e. The predicted molar refractivity (Wildman–Crippen MR) is 102 cm³/mol. The van der Waals surface area contributed by atoms with Gasteiger partial charge in [0.2, 0.25) is 0 Å². The molecule has 4 nitrogen and oxygen atoms in total. The fourth-order valence-corrected chi connectivity index (χ4v) is 4.05. The summed E-state index contributed by atoms with van der Waals surface area (Å²) in [5.41, 5.74) is 2.37. The van der Waals surface area contributed by atoms with E-state index in [1.54, 1.807) is 13.0 Å². The molecule has 0 spiro atoms. The summed E-state index contributed by atoms with van der Waals surface area (Å²) in [7, 11) is 0. The van der Waals surface area contributed by atoms with Crippen molar-refractivity contribution in [1.82, 2.24) is 10.5 Å². The Kier molecular flexibility index (Phi) is 4.66. The Morgan fingerprint density at radius 1 is 1.22 bits per heavy atom. The Morgan fingerprint density at radius 2 is 1.96 bits per heavy atom. The average Bonchev–Trinajstić information content (AvgIpc) is 3.20. The van der Waals surface area contributed by atoms with Crippen LogP contribution in [0, 0.1) is 12.7 Å². The summed E-state index contributed by atoms with van der Waals surface area (Å²) in [5.74, 6) is -0.658. The number of hydrogen-bond donors (Lipinski definition) is 1. The van der Waals surface area contributed by atoms with E-state index >= 15 is 0 Å². The van der Waals surface area contributed by atoms with Crippen LogP contribution in [0.2, 0.25) is 10.0 Å². The van der Waals surface area contributed by atoms with Crippen molar-refractivity contribution in [3.8, 4) is 11.3 Å². The van der Waals surface area contributed by atoms with E-state index in [1.165, 1.54) is 12.1 Å². The standard InChI is InChI=1S/C20H15Cl2FN2O2/c1-10-17(19(25-27-10)18-14(22)6-3-7-15(18)23)20(26)24-16-9-8-11-12(16)4-2-5-13(11)21/h2-7,16H,8-9H2,1H3,(H,24,26). The Bertz CT molecular complexity index is 1030. The third-order valence-electron chi connectivity index (χ3n) is 4.81. The van der Waals surface area contributed by atoms with Crippen LogP contribution in [0.5, 0.6) is 0 Å². The second-order valence-corrected chi connectivity index (χ2v) is 7.25. The summed E-state index contributed by atoms with van der Waals surface area (Å²) in [4.78, 5) is 13.0. The molecule has 1 N–H and O–H groups in total. The van der Waals surface area contributed by atoms with Crippen LogP contribution >= 0.6 is 23.2 Å². The minimum atomic E-state index is -0.567. The minimum absolute atomic E-state index is 0.0519. The van der Waals surface area contributed by atoms with Gasteiger partial charge in [-0.2, -0.15) is 0 Å². The monoisotopic (exact) mass is 404 g/mol. The first-order valence-corrected chi connectivity index (χ1v) is 9.21. The molecule has 2 aromatic carbocycles. The number of nitrogens with one attached hydrogen (secondary N) is 1. The zero-order valence-corrected chi connectivity index (χ0v) is 15.9. The second kappa shape index (κ2) is 6.98. The normalized spacial score (nSPS) is 15.6. The Balaban J connectivity index is 1.69. The number of benzene rings is 2. The first-order chi connectivity index (χ1) is 13.0. The molecule has 1 aliphatic rings. The highest BCUT2D eigenvalue weighted by Crippen LogP contribution is 2.37. The van der Waals surface area contributed by atoms with E-state index in [0.717, 1.165) is 24.0 Å². The molecule has 4 rings (SSSR count). The molecule has 0 saturated heterocycles. The first kappa shape index (κ1) is 18.0. The maximum absolute atomic E-state index is 14.3. The molecule has 0 fully saturated rings. The van der Waals surface area contributed by atoms with Crippen LogP contribution in [0.4, 0.5) is 4.39 Å². The summed E-state index contributed by atoms with van der Waals surface area (Å²) in [5, 5.41) is 7.73. The van der Waals surface area contributed by atoms with Crippen LogP contribution in [0.3, 0.4) is 0 Å². The van der Waals surface area contributed by atoms with Gasteiger partial charge in [-0.1, -0.05) is 46.6 Å². The van der Waals surface area contributed by atoms with Gasteiger partial charge in [-0.25, -0.2) is 4.39 Å². The van der Waals surface area contributed by atoms with E-state index in [2.05, 4.69) is 10.5 Å². The van der Waals surface area contributed by atoms with Crippen LogP contribution in [-0.2, 0) is 6.42 Å². The van der Waals surface area contributed by atoms with E-state index in [9.17, 15) is 9.18 Å². The molecule has 7 heteroatoms. The van der Waals surface area contributed by atoms with Gasteiger partial charge in [0.25, 0.3) is 5.91 Å². The van der Waals surface area contributed by atoms with Crippen molar-refractivity contribution >= 4 is 29.1 Å². The van der Waals surface area contributed by atoms with Gasteiger partial charge in [-0.3, -0.25) is 4.79 Å². The number of hydrogen-bond acceptors (Lipinski definition) is 3. The highest BCUT2D eigenvalue weighted by Gasteiger charge is 2.30. The summed E-state index contributed by atoms with van der Waals surface area (Å²) in [6.45, 7) is 1.61. The van der Waals surface area contributed by atoms with E-state index in [4.69, 9.17) is 27.7 Å². The second-order valence-electron chi connectivity index (χ2n) is 6.43. The van der Waals surface area contributed by atoms with Crippen molar-refractivity contribution in [1.29, 1.82) is 0 Å². The number of carbonyl (C=O) groups excluding carboxylic acids is 1. The molecule has 0 bridgehead atoms. The molecule has 1 aliphatic carbocycles. The van der Waals surface area contributed by atoms with E-state index in [-0.39, 0.29) is 33.8 Å². The number of rotatable bonds is 3. The van der Waals surface area contributed by atoms with Gasteiger partial charge in [0.15, 0.2) is 0 Å². The van der Waals surface area contributed by atoms with Gasteiger partial charge in [0.05, 0.1) is 16.6 Å². The number of amides is 1. The maximum atomic E-state index is 14.3. The van der Waals surface area contributed by atoms with Crippen LogP contribution in [0.25, 0.3) is 11.3 Å². The summed E-state index contributed by atoms with van der Waals surface area (Å²) in [6.07, 6.45) is 1.53. The fraction of sp³-hybridized carbons (Fsp3) is 0.200. The van der Waals surface area contributed by atoms with Crippen LogP contribution in [0.1, 0.15) is 39.7 Å². The molecule has 138 valence electrons. The quantitative estimate of drug-likeness (QED) is 0.625. The lowest BCUT2D eigenvalue weighted by Crippen LogP contribution is -2.27. The fourth-order valence-electron chi connectivity index (χ4n) is 3.52. The van der Waals surface area contributed by atoms with Crippen molar-refractivity contribution in [2.45, 2.75) is 25.8 Å². The van der Waals surface area contributed by atoms with Gasteiger partial charge in [0.1, 0.15) is 22.8 Å². The SMILES string of the molecule is Cc1onc(-c2c(F)cccc2Cl)c1C(=O)NC1CCc2c(Cl)cccc21. The number of halogens is 3. The van der Waals surface area contributed by atoms with Crippen molar-refractivity contribution < 1.29 is 13.7 Å². The molecule has 3 aromatic rings. The number of fused-ring (bicyclic) bond motifs is 1. The summed E-state index contributed by atoms with van der Waals surface area (Å²) >= 11 is 12.4. The van der Waals surface area contributed by atoms with Crippen molar-refractivity contribution in [2.24, 2.45) is 0 Å². The molecule has 0 radical (unpaired) electrons. The maximum Gasteiger partial charge on any atom is 0.257 e. The minimum Gasteiger partial charge on any atom is -0.360 e. The Morgan fingerprint density at radius 3 is 2.74 bits per heavy atom. The highest BCUT2D eigenvalue weighted by atomic mass is 35.5. The Hall–Kier alpha value is -2.37. The zero-order valence-electron chi connectivity index (χ0n) is 14.4. The number of aryl methyl sites for hydroxylation is 1. The largest absolute Gasteiger partial charge is 0.360 e. The molecular weight excluding hydrogens is 390 g/mol. The molecule has 1 atom stereocenters. The lowest BCUT2D eigenvalue weighted by molar-refractivity contribution is 0.0935. The van der Waals surface area contributed by atoms with Crippen molar-refractivity contribution in [2.75, 3.05) is 0 Å². The zero-order chi connectivity index (χ0) is 19.1. The molecule has 1 heterocycles. The third-order valence-corrected chi connectivity index (χ3v) is 5.48. The van der Waals surface area contributed by atoms with Gasteiger partial charge in [-0.15, -0.1) is 0 Å². The molecule has 0 aliphatic heterocycles. The van der Waals surface area contributed by atoms with Gasteiger partial charge >= 0.3 is 0 Å². The molecule has 1 aromatic heterocycles. The molecule has 1 unspecified atom stereocenters. The number of carbonyl (C=O) groups is 1. The molecule has 27 heavy (non-hydrogen) atoms. The van der Waals surface area contributed by atoms with Gasteiger partial charge in [0, 0.05) is 5.02 Å². The van der Waals surface area contributed by atoms with Gasteiger partial charge < -0.3 is 9.84 Å². The Labute approximate surface area is 165 Å².